The number of rotatable bonds is 10. The Morgan fingerprint density at radius 3 is 2.42 bits per heavy atom. The summed E-state index contributed by atoms with van der Waals surface area (Å²) in [7, 11) is 1.65. The van der Waals surface area contributed by atoms with Crippen LogP contribution in [0.5, 0.6) is 0 Å². The van der Waals surface area contributed by atoms with E-state index < -0.39 is 5.41 Å². The number of carbonyl (C=O) groups is 1. The van der Waals surface area contributed by atoms with Crippen molar-refractivity contribution in [3.8, 4) is 0 Å². The quantitative estimate of drug-likeness (QED) is 0.319. The van der Waals surface area contributed by atoms with Crippen LogP contribution in [0.3, 0.4) is 0 Å². The Morgan fingerprint density at radius 2 is 1.84 bits per heavy atom. The Hall–Kier alpha value is -0.160. The largest absolute Gasteiger partial charge is 0.383 e. The number of ketones is 1. The first kappa shape index (κ1) is 16.9. The first-order chi connectivity index (χ1) is 9.16. The molecule has 3 heteroatoms. The maximum Gasteiger partial charge on any atom is 0.161 e. The van der Waals surface area contributed by atoms with E-state index in [0.717, 1.165) is 12.8 Å². The van der Waals surface area contributed by atoms with Gasteiger partial charge in [-0.3, -0.25) is 4.79 Å². The minimum atomic E-state index is -0.510. The predicted octanol–water partition coefficient (Wildman–Crippen LogP) is 4.48. The molecular formula is C16H25IO2. The highest BCUT2D eigenvalue weighted by Gasteiger charge is 2.37. The average Bonchev–Trinajstić information content (AvgIpc) is 2.87. The maximum atomic E-state index is 12.6. The van der Waals surface area contributed by atoms with E-state index in [0.29, 0.717) is 6.61 Å². The van der Waals surface area contributed by atoms with E-state index >= 15 is 0 Å². The second-order valence-corrected chi connectivity index (χ2v) is 6.73. The van der Waals surface area contributed by atoms with Gasteiger partial charge < -0.3 is 4.74 Å². The molecule has 0 bridgehead atoms. The fourth-order valence-electron chi connectivity index (χ4n) is 2.43. The zero-order valence-electron chi connectivity index (χ0n) is 12.0. The van der Waals surface area contributed by atoms with Gasteiger partial charge in [-0.25, -0.2) is 0 Å². The van der Waals surface area contributed by atoms with E-state index in [9.17, 15) is 4.79 Å². The first-order valence-corrected chi connectivity index (χ1v) is 8.45. The smallest absolute Gasteiger partial charge is 0.161 e. The molecule has 108 valence electrons. The van der Waals surface area contributed by atoms with Crippen molar-refractivity contribution in [2.75, 3.05) is 13.7 Å². The predicted molar refractivity (Wildman–Crippen MR) is 88.8 cm³/mol. The van der Waals surface area contributed by atoms with E-state index in [1.54, 1.807) is 7.11 Å². The third kappa shape index (κ3) is 5.03. The lowest BCUT2D eigenvalue weighted by molar-refractivity contribution is -0.125. The first-order valence-electron chi connectivity index (χ1n) is 7.20. The average molecular weight is 376 g/mol. The molecule has 1 aliphatic rings. The molecular weight excluding hydrogens is 351 g/mol. The summed E-state index contributed by atoms with van der Waals surface area (Å²) in [6.07, 6.45) is 15.1. The van der Waals surface area contributed by atoms with Crippen LogP contribution in [0.1, 0.15) is 45.4 Å². The van der Waals surface area contributed by atoms with Gasteiger partial charge in [-0.1, -0.05) is 85.9 Å². The number of alkyl halides is 1. The summed E-state index contributed by atoms with van der Waals surface area (Å²) in [5.41, 5.74) is -0.510. The van der Waals surface area contributed by atoms with Gasteiger partial charge in [0.15, 0.2) is 5.78 Å². The van der Waals surface area contributed by atoms with Gasteiger partial charge in [-0.05, 0) is 6.42 Å². The molecule has 0 aromatic rings. The summed E-state index contributed by atoms with van der Waals surface area (Å²) in [5, 5.41) is 0. The molecule has 0 saturated heterocycles. The van der Waals surface area contributed by atoms with Crippen molar-refractivity contribution < 1.29 is 9.53 Å². The van der Waals surface area contributed by atoms with Crippen LogP contribution in [-0.2, 0) is 9.53 Å². The molecule has 0 aromatic carbocycles. The molecule has 0 saturated carbocycles. The van der Waals surface area contributed by atoms with Crippen LogP contribution in [-0.4, -0.2) is 23.4 Å². The SMILES string of the molecule is CCCCCCCC(I)C(=O)C1(COC)C=CC=C1. The van der Waals surface area contributed by atoms with Crippen LogP contribution < -0.4 is 0 Å². The fraction of sp³-hybridized carbons (Fsp3) is 0.688. The number of allylic oxidation sites excluding steroid dienone is 2. The van der Waals surface area contributed by atoms with Crippen molar-refractivity contribution in [1.82, 2.24) is 0 Å². The minimum absolute atomic E-state index is 0.0850. The van der Waals surface area contributed by atoms with Crippen LogP contribution >= 0.6 is 22.6 Å². The topological polar surface area (TPSA) is 26.3 Å². The summed E-state index contributed by atoms with van der Waals surface area (Å²) in [6.45, 7) is 2.67. The van der Waals surface area contributed by atoms with E-state index in [1.807, 2.05) is 24.3 Å². The number of methoxy groups -OCH3 is 1. The molecule has 1 unspecified atom stereocenters. The van der Waals surface area contributed by atoms with Crippen LogP contribution in [0.15, 0.2) is 24.3 Å². The van der Waals surface area contributed by atoms with Gasteiger partial charge in [-0.15, -0.1) is 0 Å². The number of hydrogen-bond donors (Lipinski definition) is 0. The van der Waals surface area contributed by atoms with Crippen LogP contribution in [0.25, 0.3) is 0 Å². The standard InChI is InChI=1S/C16H25IO2/c1-3-4-5-6-7-10-14(17)15(18)16(13-19-2)11-8-9-12-16/h8-9,11-12,14H,3-7,10,13H2,1-2H3. The molecule has 0 amide bonds. The second kappa shape index (κ2) is 8.90. The third-order valence-corrected chi connectivity index (χ3v) is 4.77. The van der Waals surface area contributed by atoms with E-state index in [1.165, 1.54) is 25.7 Å². The second-order valence-electron chi connectivity index (χ2n) is 5.23. The molecule has 0 fully saturated rings. The third-order valence-electron chi connectivity index (χ3n) is 3.59. The number of carbonyl (C=O) groups excluding carboxylic acids is 1. The fourth-order valence-corrected chi connectivity index (χ4v) is 3.45. The summed E-state index contributed by atoms with van der Waals surface area (Å²) in [5.74, 6) is 0.287. The highest BCUT2D eigenvalue weighted by Crippen LogP contribution is 2.32. The van der Waals surface area contributed by atoms with E-state index in [-0.39, 0.29) is 9.71 Å². The number of hydrogen-bond acceptors (Lipinski definition) is 2. The molecule has 0 aromatic heterocycles. The van der Waals surface area contributed by atoms with Crippen molar-refractivity contribution in [2.24, 2.45) is 5.41 Å². The summed E-state index contributed by atoms with van der Waals surface area (Å²) >= 11 is 2.30. The highest BCUT2D eigenvalue weighted by molar-refractivity contribution is 14.1. The zero-order valence-corrected chi connectivity index (χ0v) is 14.2. The minimum Gasteiger partial charge on any atom is -0.383 e. The Kier molecular flexibility index (Phi) is 7.91. The maximum absolute atomic E-state index is 12.6. The zero-order chi connectivity index (χ0) is 14.1. The summed E-state index contributed by atoms with van der Waals surface area (Å²) < 4.78 is 5.32. The lowest BCUT2D eigenvalue weighted by Crippen LogP contribution is -2.36. The molecule has 0 aliphatic heterocycles. The number of unbranched alkanes of at least 4 members (excludes halogenated alkanes) is 4. The van der Waals surface area contributed by atoms with Crippen molar-refractivity contribution >= 4 is 28.4 Å². The highest BCUT2D eigenvalue weighted by atomic mass is 127. The number of Topliss-reactive ketones (excluding diaryl/α,β-unsaturated/α-hetero) is 1. The van der Waals surface area contributed by atoms with Gasteiger partial charge in [0.25, 0.3) is 0 Å². The molecule has 1 aliphatic carbocycles. The van der Waals surface area contributed by atoms with Crippen molar-refractivity contribution in [3.63, 3.8) is 0 Å². The van der Waals surface area contributed by atoms with Gasteiger partial charge in [0, 0.05) is 7.11 Å². The van der Waals surface area contributed by atoms with Crippen LogP contribution in [0.2, 0.25) is 0 Å². The van der Waals surface area contributed by atoms with Gasteiger partial charge in [0.05, 0.1) is 15.9 Å². The summed E-state index contributed by atoms with van der Waals surface area (Å²) in [4.78, 5) is 12.6. The number of halogens is 1. The molecule has 2 nitrogen and oxygen atoms in total. The Bertz CT molecular complexity index is 322. The summed E-state index contributed by atoms with van der Waals surface area (Å²) in [6, 6.07) is 0. The van der Waals surface area contributed by atoms with Gasteiger partial charge in [-0.2, -0.15) is 0 Å². The Morgan fingerprint density at radius 1 is 1.21 bits per heavy atom. The molecule has 19 heavy (non-hydrogen) atoms. The Labute approximate surface area is 130 Å². The monoisotopic (exact) mass is 376 g/mol. The Balaban J connectivity index is 2.42. The van der Waals surface area contributed by atoms with Gasteiger partial charge in [0.2, 0.25) is 0 Å². The molecule has 0 radical (unpaired) electrons. The van der Waals surface area contributed by atoms with Crippen LogP contribution in [0.4, 0.5) is 0 Å². The van der Waals surface area contributed by atoms with Crippen LogP contribution in [0, 0.1) is 5.41 Å². The van der Waals surface area contributed by atoms with Crippen molar-refractivity contribution in [3.05, 3.63) is 24.3 Å². The van der Waals surface area contributed by atoms with Gasteiger partial charge in [0.1, 0.15) is 0 Å². The van der Waals surface area contributed by atoms with Crippen molar-refractivity contribution in [2.45, 2.75) is 49.4 Å². The lowest BCUT2D eigenvalue weighted by atomic mass is 9.83. The molecule has 1 atom stereocenters. The normalized spacial score (nSPS) is 17.8. The number of ether oxygens (including phenoxy) is 1. The van der Waals surface area contributed by atoms with E-state index in [4.69, 9.17) is 4.74 Å². The molecule has 0 N–H and O–H groups in total. The van der Waals surface area contributed by atoms with Crippen molar-refractivity contribution in [1.29, 1.82) is 0 Å². The molecule has 0 spiro atoms. The van der Waals surface area contributed by atoms with Gasteiger partial charge >= 0.3 is 0 Å². The van der Waals surface area contributed by atoms with E-state index in [2.05, 4.69) is 29.5 Å². The molecule has 0 heterocycles. The lowest BCUT2D eigenvalue weighted by Gasteiger charge is -2.25. The molecule has 1 rings (SSSR count).